The molecule has 0 aromatic rings. The second kappa shape index (κ2) is 13.6. The van der Waals surface area contributed by atoms with Gasteiger partial charge in [0.1, 0.15) is 0 Å². The monoisotopic (exact) mass is 300 g/mol. The Labute approximate surface area is 127 Å². The van der Waals surface area contributed by atoms with Crippen molar-refractivity contribution in [1.29, 1.82) is 0 Å². The lowest BCUT2D eigenvalue weighted by atomic mass is 10.1. The minimum atomic E-state index is -0.659. The standard InChI is InChI=1S/C12H24O2.C4H4O3/c1-2-3-4-5-6-7-8-9-10-11-12(13)14;5-3-1-2-4(6)7-3/h2-11H2,1H3,(H,13,14);1-2H2. The molecule has 1 rings (SSSR count). The maximum atomic E-state index is 10.2. The van der Waals surface area contributed by atoms with Crippen molar-refractivity contribution in [1.82, 2.24) is 0 Å². The molecule has 0 bridgehead atoms. The van der Waals surface area contributed by atoms with Gasteiger partial charge in [0, 0.05) is 6.42 Å². The molecule has 0 aliphatic carbocycles. The van der Waals surface area contributed by atoms with Gasteiger partial charge in [-0.2, -0.15) is 0 Å². The third kappa shape index (κ3) is 14.8. The number of ether oxygens (including phenoxy) is 1. The van der Waals surface area contributed by atoms with E-state index in [0.717, 1.165) is 12.8 Å². The molecule has 5 nitrogen and oxygen atoms in total. The molecule has 1 N–H and O–H groups in total. The summed E-state index contributed by atoms with van der Waals surface area (Å²) in [6.07, 6.45) is 12.0. The van der Waals surface area contributed by atoms with Crippen LogP contribution in [0.2, 0.25) is 0 Å². The van der Waals surface area contributed by atoms with E-state index in [4.69, 9.17) is 5.11 Å². The minimum Gasteiger partial charge on any atom is -0.481 e. The molecule has 0 aromatic carbocycles. The lowest BCUT2D eigenvalue weighted by molar-refractivity contribution is -0.152. The van der Waals surface area contributed by atoms with Crippen LogP contribution in [0.3, 0.4) is 0 Å². The van der Waals surface area contributed by atoms with Crippen LogP contribution in [-0.4, -0.2) is 23.0 Å². The first-order valence-electron chi connectivity index (χ1n) is 8.01. The Bertz CT molecular complexity index is 298. The Morgan fingerprint density at radius 1 is 0.905 bits per heavy atom. The third-order valence-electron chi connectivity index (χ3n) is 3.26. The molecule has 0 amide bonds. The number of hydrogen-bond donors (Lipinski definition) is 1. The highest BCUT2D eigenvalue weighted by Crippen LogP contribution is 2.10. The van der Waals surface area contributed by atoms with Crippen molar-refractivity contribution in [3.05, 3.63) is 0 Å². The van der Waals surface area contributed by atoms with Crippen molar-refractivity contribution in [3.8, 4) is 0 Å². The summed E-state index contributed by atoms with van der Waals surface area (Å²) in [5.41, 5.74) is 0. The molecule has 0 radical (unpaired) electrons. The number of carbonyl (C=O) groups is 3. The predicted molar refractivity (Wildman–Crippen MR) is 79.8 cm³/mol. The summed E-state index contributed by atoms with van der Waals surface area (Å²) in [7, 11) is 0. The Kier molecular flexibility index (Phi) is 12.7. The van der Waals surface area contributed by atoms with Gasteiger partial charge < -0.3 is 9.84 Å². The van der Waals surface area contributed by atoms with E-state index in [0.29, 0.717) is 6.42 Å². The molecule has 21 heavy (non-hydrogen) atoms. The molecule has 1 aliphatic rings. The highest BCUT2D eigenvalue weighted by molar-refractivity contribution is 5.92. The van der Waals surface area contributed by atoms with Crippen LogP contribution in [0.4, 0.5) is 0 Å². The van der Waals surface area contributed by atoms with E-state index in [2.05, 4.69) is 11.7 Å². The molecule has 0 spiro atoms. The Balaban J connectivity index is 0.000000471. The van der Waals surface area contributed by atoms with Gasteiger partial charge in [-0.1, -0.05) is 58.3 Å². The molecule has 122 valence electrons. The van der Waals surface area contributed by atoms with Gasteiger partial charge in [-0.15, -0.1) is 0 Å². The van der Waals surface area contributed by atoms with Crippen LogP contribution in [0.5, 0.6) is 0 Å². The maximum absolute atomic E-state index is 10.2. The SMILES string of the molecule is CCCCCCCCCCCC(=O)O.O=C1CCC(=O)O1. The van der Waals surface area contributed by atoms with Crippen LogP contribution in [-0.2, 0) is 19.1 Å². The zero-order chi connectivity index (χ0) is 15.9. The molecule has 5 heteroatoms. The number of carboxylic acids is 1. The largest absolute Gasteiger partial charge is 0.481 e. The van der Waals surface area contributed by atoms with E-state index in [1.807, 2.05) is 0 Å². The lowest BCUT2D eigenvalue weighted by Crippen LogP contribution is -1.94. The normalized spacial score (nSPS) is 13.6. The number of carboxylic acid groups (broad SMARTS) is 1. The van der Waals surface area contributed by atoms with E-state index in [9.17, 15) is 14.4 Å². The number of unbranched alkanes of at least 4 members (excludes halogenated alkanes) is 8. The van der Waals surface area contributed by atoms with Gasteiger partial charge >= 0.3 is 17.9 Å². The highest BCUT2D eigenvalue weighted by atomic mass is 16.6. The first kappa shape index (κ1) is 19.6. The molecule has 0 aromatic heterocycles. The van der Waals surface area contributed by atoms with Crippen LogP contribution in [0.1, 0.15) is 84.0 Å². The molecule has 1 aliphatic heterocycles. The number of carbonyl (C=O) groups excluding carboxylic acids is 2. The van der Waals surface area contributed by atoms with Crippen LogP contribution in [0.15, 0.2) is 0 Å². The maximum Gasteiger partial charge on any atom is 0.314 e. The van der Waals surface area contributed by atoms with Crippen LogP contribution in [0.25, 0.3) is 0 Å². The summed E-state index contributed by atoms with van der Waals surface area (Å²) >= 11 is 0. The van der Waals surface area contributed by atoms with Crippen molar-refractivity contribution in [2.75, 3.05) is 0 Å². The number of aliphatic carboxylic acids is 1. The molecular formula is C16H28O5. The van der Waals surface area contributed by atoms with Crippen molar-refractivity contribution >= 4 is 17.9 Å². The predicted octanol–water partition coefficient (Wildman–Crippen LogP) is 3.84. The van der Waals surface area contributed by atoms with E-state index in [1.165, 1.54) is 44.9 Å². The molecule has 1 fully saturated rings. The van der Waals surface area contributed by atoms with Crippen LogP contribution >= 0.6 is 0 Å². The van der Waals surface area contributed by atoms with E-state index < -0.39 is 17.9 Å². The van der Waals surface area contributed by atoms with Gasteiger partial charge in [0.05, 0.1) is 12.8 Å². The van der Waals surface area contributed by atoms with Crippen LogP contribution < -0.4 is 0 Å². The first-order valence-corrected chi connectivity index (χ1v) is 8.01. The number of cyclic esters (lactones) is 2. The Hall–Kier alpha value is -1.39. The molecule has 1 saturated heterocycles. The van der Waals surface area contributed by atoms with E-state index >= 15 is 0 Å². The molecular weight excluding hydrogens is 272 g/mol. The summed E-state index contributed by atoms with van der Waals surface area (Å²) < 4.78 is 4.08. The quantitative estimate of drug-likeness (QED) is 0.376. The molecule has 0 atom stereocenters. The topological polar surface area (TPSA) is 80.7 Å². The van der Waals surface area contributed by atoms with Crippen molar-refractivity contribution in [2.45, 2.75) is 84.0 Å². The van der Waals surface area contributed by atoms with Crippen LogP contribution in [0, 0.1) is 0 Å². The smallest absolute Gasteiger partial charge is 0.314 e. The first-order chi connectivity index (χ1) is 10.1. The summed E-state index contributed by atoms with van der Waals surface area (Å²) in [6.45, 7) is 2.23. The Morgan fingerprint density at radius 3 is 1.67 bits per heavy atom. The highest BCUT2D eigenvalue weighted by Gasteiger charge is 2.19. The summed E-state index contributed by atoms with van der Waals surface area (Å²) in [4.78, 5) is 30.2. The zero-order valence-corrected chi connectivity index (χ0v) is 13.1. The summed E-state index contributed by atoms with van der Waals surface area (Å²) in [5, 5.41) is 8.41. The van der Waals surface area contributed by atoms with Gasteiger partial charge in [-0.3, -0.25) is 14.4 Å². The van der Waals surface area contributed by atoms with Crippen molar-refractivity contribution in [3.63, 3.8) is 0 Å². The molecule has 1 heterocycles. The number of hydrogen-bond acceptors (Lipinski definition) is 4. The second-order valence-electron chi connectivity index (χ2n) is 5.32. The average molecular weight is 300 g/mol. The van der Waals surface area contributed by atoms with Gasteiger partial charge in [0.25, 0.3) is 0 Å². The van der Waals surface area contributed by atoms with Gasteiger partial charge in [-0.25, -0.2) is 0 Å². The third-order valence-corrected chi connectivity index (χ3v) is 3.26. The fourth-order valence-electron chi connectivity index (χ4n) is 2.02. The van der Waals surface area contributed by atoms with Gasteiger partial charge in [-0.05, 0) is 6.42 Å². The fraction of sp³-hybridized carbons (Fsp3) is 0.812. The van der Waals surface area contributed by atoms with Gasteiger partial charge in [0.15, 0.2) is 0 Å². The number of esters is 2. The van der Waals surface area contributed by atoms with E-state index in [1.54, 1.807) is 0 Å². The van der Waals surface area contributed by atoms with E-state index in [-0.39, 0.29) is 12.8 Å². The fourth-order valence-corrected chi connectivity index (χ4v) is 2.02. The summed E-state index contributed by atoms with van der Waals surface area (Å²) in [5.74, 6) is -1.46. The number of rotatable bonds is 10. The molecule has 0 saturated carbocycles. The van der Waals surface area contributed by atoms with Gasteiger partial charge in [0.2, 0.25) is 0 Å². The zero-order valence-electron chi connectivity index (χ0n) is 13.1. The van der Waals surface area contributed by atoms with Crippen molar-refractivity contribution < 1.29 is 24.2 Å². The second-order valence-corrected chi connectivity index (χ2v) is 5.32. The van der Waals surface area contributed by atoms with Crippen molar-refractivity contribution in [2.24, 2.45) is 0 Å². The Morgan fingerprint density at radius 2 is 1.33 bits per heavy atom. The average Bonchev–Trinajstić information content (AvgIpc) is 2.81. The lowest BCUT2D eigenvalue weighted by Gasteiger charge is -2.00. The summed E-state index contributed by atoms with van der Waals surface area (Å²) in [6, 6.07) is 0. The molecule has 0 unspecified atom stereocenters. The minimum absolute atomic E-state index is 0.263.